The SMILES string of the molecule is COc1ccc(OCCNC(=O)C(C)(C)C(=O)Nc2c(C)cccc2C)cc1. The highest BCUT2D eigenvalue weighted by molar-refractivity contribution is 6.10. The molecule has 0 aliphatic heterocycles. The molecule has 0 heterocycles. The predicted molar refractivity (Wildman–Crippen MR) is 110 cm³/mol. The zero-order valence-corrected chi connectivity index (χ0v) is 17.1. The molecule has 150 valence electrons. The fourth-order valence-electron chi connectivity index (χ4n) is 2.61. The molecule has 0 aliphatic rings. The first-order valence-corrected chi connectivity index (χ1v) is 9.18. The Balaban J connectivity index is 1.86. The van der Waals surface area contributed by atoms with Gasteiger partial charge in [-0.15, -0.1) is 0 Å². The number of aryl methyl sites for hydroxylation is 2. The summed E-state index contributed by atoms with van der Waals surface area (Å²) in [4.78, 5) is 25.2. The molecule has 0 fully saturated rings. The number of hydrogen-bond donors (Lipinski definition) is 2. The van der Waals surface area contributed by atoms with Crippen molar-refractivity contribution in [1.29, 1.82) is 0 Å². The van der Waals surface area contributed by atoms with Gasteiger partial charge in [0.2, 0.25) is 11.8 Å². The number of ether oxygens (including phenoxy) is 2. The van der Waals surface area contributed by atoms with Crippen LogP contribution in [-0.2, 0) is 9.59 Å². The molecule has 2 aromatic rings. The van der Waals surface area contributed by atoms with Crippen LogP contribution in [0.2, 0.25) is 0 Å². The largest absolute Gasteiger partial charge is 0.497 e. The molecule has 6 heteroatoms. The molecule has 2 N–H and O–H groups in total. The molecule has 2 amide bonds. The minimum Gasteiger partial charge on any atom is -0.497 e. The van der Waals surface area contributed by atoms with E-state index in [9.17, 15) is 9.59 Å². The van der Waals surface area contributed by atoms with Crippen molar-refractivity contribution in [3.05, 3.63) is 53.6 Å². The molecule has 28 heavy (non-hydrogen) atoms. The Bertz CT molecular complexity index is 809. The Morgan fingerprint density at radius 2 is 1.50 bits per heavy atom. The lowest BCUT2D eigenvalue weighted by Gasteiger charge is -2.24. The first-order valence-electron chi connectivity index (χ1n) is 9.18. The maximum absolute atomic E-state index is 12.7. The predicted octanol–water partition coefficient (Wildman–Crippen LogP) is 3.47. The fourth-order valence-corrected chi connectivity index (χ4v) is 2.61. The summed E-state index contributed by atoms with van der Waals surface area (Å²) in [6, 6.07) is 13.0. The minimum atomic E-state index is -1.21. The molecule has 6 nitrogen and oxygen atoms in total. The summed E-state index contributed by atoms with van der Waals surface area (Å²) in [7, 11) is 1.60. The van der Waals surface area contributed by atoms with E-state index in [1.54, 1.807) is 45.2 Å². The van der Waals surface area contributed by atoms with Crippen LogP contribution < -0.4 is 20.1 Å². The Kier molecular flexibility index (Phi) is 7.04. The van der Waals surface area contributed by atoms with E-state index < -0.39 is 5.41 Å². The second-order valence-electron chi connectivity index (χ2n) is 7.13. The second kappa shape index (κ2) is 9.26. The molecule has 0 radical (unpaired) electrons. The molecule has 0 saturated heterocycles. The zero-order chi connectivity index (χ0) is 20.7. The Labute approximate surface area is 166 Å². The molecular weight excluding hydrogens is 356 g/mol. The highest BCUT2D eigenvalue weighted by Gasteiger charge is 2.36. The first-order chi connectivity index (χ1) is 13.3. The van der Waals surface area contributed by atoms with Gasteiger partial charge in [-0.2, -0.15) is 0 Å². The third-order valence-electron chi connectivity index (χ3n) is 4.57. The standard InChI is InChI=1S/C22H28N2O4/c1-15-7-6-8-16(2)19(15)24-21(26)22(3,4)20(25)23-13-14-28-18-11-9-17(27-5)10-12-18/h6-12H,13-14H2,1-5H3,(H,23,25)(H,24,26). The van der Waals surface area contributed by atoms with Crippen LogP contribution in [-0.4, -0.2) is 32.1 Å². The molecule has 0 aromatic heterocycles. The Morgan fingerprint density at radius 3 is 2.07 bits per heavy atom. The maximum atomic E-state index is 12.7. The number of benzene rings is 2. The molecule has 2 rings (SSSR count). The normalized spacial score (nSPS) is 10.9. The Hall–Kier alpha value is -3.02. The number of methoxy groups -OCH3 is 1. The molecule has 0 unspecified atom stereocenters. The first kappa shape index (κ1) is 21.3. The van der Waals surface area contributed by atoms with E-state index >= 15 is 0 Å². The van der Waals surface area contributed by atoms with E-state index in [4.69, 9.17) is 9.47 Å². The summed E-state index contributed by atoms with van der Waals surface area (Å²) in [5, 5.41) is 5.65. The van der Waals surface area contributed by atoms with Gasteiger partial charge in [-0.05, 0) is 63.1 Å². The smallest absolute Gasteiger partial charge is 0.239 e. The third-order valence-corrected chi connectivity index (χ3v) is 4.57. The van der Waals surface area contributed by atoms with Crippen LogP contribution in [0.3, 0.4) is 0 Å². The van der Waals surface area contributed by atoms with Gasteiger partial charge in [0, 0.05) is 5.69 Å². The average Bonchev–Trinajstić information content (AvgIpc) is 2.68. The lowest BCUT2D eigenvalue weighted by Crippen LogP contribution is -2.46. The molecule has 2 aromatic carbocycles. The van der Waals surface area contributed by atoms with Gasteiger partial charge in [0.1, 0.15) is 23.5 Å². The summed E-state index contributed by atoms with van der Waals surface area (Å²) in [5.74, 6) is 0.729. The fraction of sp³-hybridized carbons (Fsp3) is 0.364. The molecular formula is C22H28N2O4. The monoisotopic (exact) mass is 384 g/mol. The summed E-state index contributed by atoms with van der Waals surface area (Å²) in [6.07, 6.45) is 0. The van der Waals surface area contributed by atoms with Crippen molar-refractivity contribution in [2.75, 3.05) is 25.6 Å². The van der Waals surface area contributed by atoms with Crippen molar-refractivity contribution < 1.29 is 19.1 Å². The number of para-hydroxylation sites is 1. The summed E-state index contributed by atoms with van der Waals surface area (Å²) >= 11 is 0. The number of rotatable bonds is 8. The summed E-state index contributed by atoms with van der Waals surface area (Å²) in [6.45, 7) is 7.65. The van der Waals surface area contributed by atoms with Crippen molar-refractivity contribution >= 4 is 17.5 Å². The topological polar surface area (TPSA) is 76.7 Å². The van der Waals surface area contributed by atoms with Gasteiger partial charge in [-0.1, -0.05) is 18.2 Å². The van der Waals surface area contributed by atoms with Crippen LogP contribution in [0.4, 0.5) is 5.69 Å². The van der Waals surface area contributed by atoms with Gasteiger partial charge in [0.15, 0.2) is 0 Å². The van der Waals surface area contributed by atoms with Crippen molar-refractivity contribution in [2.24, 2.45) is 5.41 Å². The summed E-state index contributed by atoms with van der Waals surface area (Å²) in [5.41, 5.74) is 1.44. The lowest BCUT2D eigenvalue weighted by atomic mass is 9.90. The van der Waals surface area contributed by atoms with Gasteiger partial charge in [-0.25, -0.2) is 0 Å². The molecule has 0 aliphatic carbocycles. The maximum Gasteiger partial charge on any atom is 0.239 e. The third kappa shape index (κ3) is 5.25. The number of anilines is 1. The average molecular weight is 384 g/mol. The number of hydrogen-bond acceptors (Lipinski definition) is 4. The van der Waals surface area contributed by atoms with Gasteiger partial charge in [-0.3, -0.25) is 9.59 Å². The van der Waals surface area contributed by atoms with Crippen molar-refractivity contribution in [3.8, 4) is 11.5 Å². The Morgan fingerprint density at radius 1 is 0.929 bits per heavy atom. The zero-order valence-electron chi connectivity index (χ0n) is 17.1. The van der Waals surface area contributed by atoms with Crippen LogP contribution in [0.5, 0.6) is 11.5 Å². The van der Waals surface area contributed by atoms with E-state index in [-0.39, 0.29) is 11.8 Å². The van der Waals surface area contributed by atoms with E-state index in [2.05, 4.69) is 10.6 Å². The number of nitrogens with one attached hydrogen (secondary N) is 2. The second-order valence-corrected chi connectivity index (χ2v) is 7.13. The quantitative estimate of drug-likeness (QED) is 0.540. The van der Waals surface area contributed by atoms with Crippen molar-refractivity contribution in [1.82, 2.24) is 5.32 Å². The number of carbonyl (C=O) groups is 2. The van der Waals surface area contributed by atoms with Crippen LogP contribution in [0.1, 0.15) is 25.0 Å². The highest BCUT2D eigenvalue weighted by atomic mass is 16.5. The van der Waals surface area contributed by atoms with Gasteiger partial charge >= 0.3 is 0 Å². The van der Waals surface area contributed by atoms with E-state index in [0.29, 0.717) is 18.9 Å². The molecule has 0 spiro atoms. The van der Waals surface area contributed by atoms with E-state index in [1.807, 2.05) is 32.0 Å². The van der Waals surface area contributed by atoms with Crippen LogP contribution in [0.25, 0.3) is 0 Å². The minimum absolute atomic E-state index is 0.297. The van der Waals surface area contributed by atoms with Crippen LogP contribution in [0.15, 0.2) is 42.5 Å². The van der Waals surface area contributed by atoms with Crippen molar-refractivity contribution in [2.45, 2.75) is 27.7 Å². The van der Waals surface area contributed by atoms with Crippen molar-refractivity contribution in [3.63, 3.8) is 0 Å². The van der Waals surface area contributed by atoms with E-state index in [1.165, 1.54) is 0 Å². The van der Waals surface area contributed by atoms with Gasteiger partial charge in [0.05, 0.1) is 13.7 Å². The van der Waals surface area contributed by atoms with Crippen LogP contribution in [0, 0.1) is 19.3 Å². The highest BCUT2D eigenvalue weighted by Crippen LogP contribution is 2.24. The molecule has 0 atom stereocenters. The summed E-state index contributed by atoms with van der Waals surface area (Å²) < 4.78 is 10.7. The lowest BCUT2D eigenvalue weighted by molar-refractivity contribution is -0.138. The number of amides is 2. The van der Waals surface area contributed by atoms with Gasteiger partial charge < -0.3 is 20.1 Å². The van der Waals surface area contributed by atoms with Crippen LogP contribution >= 0.6 is 0 Å². The number of carbonyl (C=O) groups excluding carboxylic acids is 2. The van der Waals surface area contributed by atoms with E-state index in [0.717, 1.165) is 22.6 Å². The molecule has 0 bridgehead atoms. The molecule has 0 saturated carbocycles. The van der Waals surface area contributed by atoms with Gasteiger partial charge in [0.25, 0.3) is 0 Å².